The Morgan fingerprint density at radius 2 is 2.23 bits per heavy atom. The lowest BCUT2D eigenvalue weighted by Gasteiger charge is -2.25. The summed E-state index contributed by atoms with van der Waals surface area (Å²) in [5, 5.41) is 7.10. The maximum absolute atomic E-state index is 5.37. The Morgan fingerprint density at radius 3 is 2.85 bits per heavy atom. The fourth-order valence-corrected chi connectivity index (χ4v) is 1.32. The second-order valence-corrected chi connectivity index (χ2v) is 2.93. The minimum Gasteiger partial charge on any atom is -0.336 e. The van der Waals surface area contributed by atoms with Crippen molar-refractivity contribution in [3.05, 3.63) is 5.89 Å². The van der Waals surface area contributed by atoms with Crippen LogP contribution in [0.3, 0.4) is 0 Å². The highest BCUT2D eigenvalue weighted by Gasteiger charge is 2.15. The van der Waals surface area contributed by atoms with Crippen LogP contribution in [-0.4, -0.2) is 36.3 Å². The molecule has 72 valence electrons. The standard InChI is InChI=1S/C7H13N5O/c8-5-6-10-7(11-13-6)12-3-1-9-2-4-12/h9H,1-5,8H2. The molecule has 1 aliphatic rings. The molecule has 6 nitrogen and oxygen atoms in total. The van der Waals surface area contributed by atoms with Gasteiger partial charge in [-0.25, -0.2) is 0 Å². The van der Waals surface area contributed by atoms with Gasteiger partial charge >= 0.3 is 0 Å². The first-order valence-electron chi connectivity index (χ1n) is 4.38. The molecule has 1 saturated heterocycles. The van der Waals surface area contributed by atoms with Gasteiger partial charge in [-0.05, 0) is 5.16 Å². The third kappa shape index (κ3) is 1.78. The number of aromatic nitrogens is 2. The molecule has 0 amide bonds. The monoisotopic (exact) mass is 183 g/mol. The van der Waals surface area contributed by atoms with E-state index in [0.717, 1.165) is 26.2 Å². The first kappa shape index (κ1) is 8.46. The third-order valence-corrected chi connectivity index (χ3v) is 2.03. The average molecular weight is 183 g/mol. The van der Waals surface area contributed by atoms with Crippen LogP contribution in [0.2, 0.25) is 0 Å². The normalized spacial score (nSPS) is 17.8. The lowest BCUT2D eigenvalue weighted by atomic mass is 10.4. The molecular formula is C7H13N5O. The van der Waals surface area contributed by atoms with E-state index in [9.17, 15) is 0 Å². The van der Waals surface area contributed by atoms with Gasteiger partial charge in [-0.1, -0.05) is 0 Å². The maximum atomic E-state index is 5.37. The van der Waals surface area contributed by atoms with Crippen LogP contribution in [0.1, 0.15) is 5.89 Å². The molecule has 1 aromatic rings. The number of hydrogen-bond donors (Lipinski definition) is 2. The summed E-state index contributed by atoms with van der Waals surface area (Å²) < 4.78 is 4.92. The number of nitrogens with two attached hydrogens (primary N) is 1. The molecule has 6 heteroatoms. The summed E-state index contributed by atoms with van der Waals surface area (Å²) in [4.78, 5) is 6.23. The molecule has 0 unspecified atom stereocenters. The summed E-state index contributed by atoms with van der Waals surface area (Å²) in [6, 6.07) is 0. The van der Waals surface area contributed by atoms with Crippen molar-refractivity contribution in [1.82, 2.24) is 15.5 Å². The summed E-state index contributed by atoms with van der Waals surface area (Å²) in [6.45, 7) is 4.07. The van der Waals surface area contributed by atoms with E-state index < -0.39 is 0 Å². The minimum atomic E-state index is 0.305. The van der Waals surface area contributed by atoms with E-state index in [4.69, 9.17) is 10.3 Å². The Balaban J connectivity index is 2.05. The largest absolute Gasteiger partial charge is 0.336 e. The van der Waals surface area contributed by atoms with E-state index >= 15 is 0 Å². The molecule has 1 aromatic heterocycles. The maximum Gasteiger partial charge on any atom is 0.266 e. The highest BCUT2D eigenvalue weighted by molar-refractivity contribution is 5.28. The molecular weight excluding hydrogens is 170 g/mol. The zero-order valence-electron chi connectivity index (χ0n) is 7.36. The molecule has 0 saturated carbocycles. The summed E-state index contributed by atoms with van der Waals surface area (Å²) >= 11 is 0. The van der Waals surface area contributed by atoms with Gasteiger partial charge in [-0.15, -0.1) is 0 Å². The van der Waals surface area contributed by atoms with E-state index in [1.54, 1.807) is 0 Å². The van der Waals surface area contributed by atoms with Crippen LogP contribution in [-0.2, 0) is 6.54 Å². The molecule has 0 atom stereocenters. The number of anilines is 1. The van der Waals surface area contributed by atoms with Gasteiger partial charge in [0.05, 0.1) is 6.54 Å². The predicted octanol–water partition coefficient (Wildman–Crippen LogP) is -1.06. The van der Waals surface area contributed by atoms with Crippen molar-refractivity contribution in [2.24, 2.45) is 5.73 Å². The van der Waals surface area contributed by atoms with Crippen LogP contribution in [0.5, 0.6) is 0 Å². The van der Waals surface area contributed by atoms with Gasteiger partial charge in [0.2, 0.25) is 5.89 Å². The fourth-order valence-electron chi connectivity index (χ4n) is 1.32. The second-order valence-electron chi connectivity index (χ2n) is 2.93. The van der Waals surface area contributed by atoms with Gasteiger partial charge in [0.25, 0.3) is 5.95 Å². The minimum absolute atomic E-state index is 0.305. The smallest absolute Gasteiger partial charge is 0.266 e. The molecule has 3 N–H and O–H groups in total. The Morgan fingerprint density at radius 1 is 1.46 bits per heavy atom. The molecule has 0 aromatic carbocycles. The first-order chi connectivity index (χ1) is 6.40. The zero-order valence-corrected chi connectivity index (χ0v) is 7.36. The second kappa shape index (κ2) is 3.71. The SMILES string of the molecule is NCc1nc(N2CCNCC2)no1. The Bertz CT molecular complexity index is 268. The summed E-state index contributed by atoms with van der Waals surface area (Å²) in [7, 11) is 0. The lowest BCUT2D eigenvalue weighted by molar-refractivity contribution is 0.378. The highest BCUT2D eigenvalue weighted by atomic mass is 16.5. The first-order valence-corrected chi connectivity index (χ1v) is 4.38. The van der Waals surface area contributed by atoms with Crippen LogP contribution in [0.15, 0.2) is 4.52 Å². The van der Waals surface area contributed by atoms with Crippen molar-refractivity contribution in [2.45, 2.75) is 6.54 Å². The molecule has 1 aliphatic heterocycles. The van der Waals surface area contributed by atoms with Crippen LogP contribution < -0.4 is 16.0 Å². The van der Waals surface area contributed by atoms with E-state index in [1.807, 2.05) is 0 Å². The Kier molecular flexibility index (Phi) is 2.42. The number of nitrogens with zero attached hydrogens (tertiary/aromatic N) is 3. The van der Waals surface area contributed by atoms with Gasteiger partial charge in [0.1, 0.15) is 0 Å². The van der Waals surface area contributed by atoms with Crippen molar-refractivity contribution in [3.63, 3.8) is 0 Å². The van der Waals surface area contributed by atoms with Crippen LogP contribution in [0, 0.1) is 0 Å². The van der Waals surface area contributed by atoms with Crippen LogP contribution >= 0.6 is 0 Å². The van der Waals surface area contributed by atoms with Crippen LogP contribution in [0.25, 0.3) is 0 Å². The Labute approximate surface area is 76.1 Å². The molecule has 2 heterocycles. The summed E-state index contributed by atoms with van der Waals surface area (Å²) in [6.07, 6.45) is 0. The van der Waals surface area contributed by atoms with Crippen molar-refractivity contribution in [1.29, 1.82) is 0 Å². The molecule has 0 aliphatic carbocycles. The topological polar surface area (TPSA) is 80.2 Å². The van der Waals surface area contributed by atoms with Gasteiger partial charge in [-0.3, -0.25) is 0 Å². The van der Waals surface area contributed by atoms with Gasteiger partial charge in [0, 0.05) is 26.2 Å². The molecule has 0 radical (unpaired) electrons. The number of piperazine rings is 1. The average Bonchev–Trinajstić information content (AvgIpc) is 2.67. The molecule has 1 fully saturated rings. The zero-order chi connectivity index (χ0) is 9.10. The van der Waals surface area contributed by atoms with E-state index in [0.29, 0.717) is 18.4 Å². The molecule has 2 rings (SSSR count). The Hall–Kier alpha value is -1.14. The van der Waals surface area contributed by atoms with E-state index in [2.05, 4.69) is 20.4 Å². The fraction of sp³-hybridized carbons (Fsp3) is 0.714. The number of rotatable bonds is 2. The van der Waals surface area contributed by atoms with Gasteiger partial charge in [-0.2, -0.15) is 4.98 Å². The number of hydrogen-bond acceptors (Lipinski definition) is 6. The summed E-state index contributed by atoms with van der Waals surface area (Å²) in [5.74, 6) is 1.15. The molecule has 0 spiro atoms. The quantitative estimate of drug-likeness (QED) is 0.608. The van der Waals surface area contributed by atoms with Gasteiger partial charge in [0.15, 0.2) is 0 Å². The van der Waals surface area contributed by atoms with E-state index in [1.165, 1.54) is 0 Å². The number of nitrogens with one attached hydrogen (secondary N) is 1. The van der Waals surface area contributed by atoms with Crippen molar-refractivity contribution in [2.75, 3.05) is 31.1 Å². The van der Waals surface area contributed by atoms with E-state index in [-0.39, 0.29) is 0 Å². The third-order valence-electron chi connectivity index (χ3n) is 2.03. The van der Waals surface area contributed by atoms with Gasteiger partial charge < -0.3 is 20.5 Å². The van der Waals surface area contributed by atoms with Crippen molar-refractivity contribution < 1.29 is 4.52 Å². The molecule has 13 heavy (non-hydrogen) atoms. The van der Waals surface area contributed by atoms with Crippen LogP contribution in [0.4, 0.5) is 5.95 Å². The molecule has 0 bridgehead atoms. The van der Waals surface area contributed by atoms with Crippen molar-refractivity contribution in [3.8, 4) is 0 Å². The highest BCUT2D eigenvalue weighted by Crippen LogP contribution is 2.08. The van der Waals surface area contributed by atoms with Crippen molar-refractivity contribution >= 4 is 5.95 Å². The lowest BCUT2D eigenvalue weighted by Crippen LogP contribution is -2.44. The summed E-state index contributed by atoms with van der Waals surface area (Å²) in [5.41, 5.74) is 5.37. The predicted molar refractivity (Wildman–Crippen MR) is 47.3 cm³/mol.